The second kappa shape index (κ2) is 8.46. The van der Waals surface area contributed by atoms with Crippen molar-refractivity contribution in [3.63, 3.8) is 0 Å². The molecule has 11 heteroatoms. The number of aromatic nitrogens is 2. The summed E-state index contributed by atoms with van der Waals surface area (Å²) in [6.07, 6.45) is 4.25. The van der Waals surface area contributed by atoms with Gasteiger partial charge in [-0.05, 0) is 25.8 Å². The molecular formula is C20H27N5O5S. The van der Waals surface area contributed by atoms with Crippen molar-refractivity contribution >= 4 is 21.8 Å². The SMILES string of the molecule is Cc1cc(C(=O)N2CCN(C(=O)c3cc(S(=O)(=O)N4CCCCC4)cn3C)CC2)on1. The topological polar surface area (TPSA) is 109 Å². The number of piperazine rings is 1. The summed E-state index contributed by atoms with van der Waals surface area (Å²) in [6.45, 7) is 4.23. The van der Waals surface area contributed by atoms with Gasteiger partial charge in [-0.1, -0.05) is 11.6 Å². The number of piperidine rings is 1. The number of nitrogens with zero attached hydrogens (tertiary/aromatic N) is 5. The van der Waals surface area contributed by atoms with E-state index in [1.54, 1.807) is 34.4 Å². The zero-order chi connectivity index (χ0) is 22.2. The summed E-state index contributed by atoms with van der Waals surface area (Å²) in [5.41, 5.74) is 0.956. The fraction of sp³-hybridized carbons (Fsp3) is 0.550. The summed E-state index contributed by atoms with van der Waals surface area (Å²) in [6, 6.07) is 3.05. The zero-order valence-electron chi connectivity index (χ0n) is 17.8. The smallest absolute Gasteiger partial charge is 0.292 e. The number of sulfonamides is 1. The lowest BCUT2D eigenvalue weighted by molar-refractivity contribution is 0.0508. The number of carbonyl (C=O) groups excluding carboxylic acids is 2. The summed E-state index contributed by atoms with van der Waals surface area (Å²) < 4.78 is 34.0. The molecule has 2 aliphatic rings. The Morgan fingerprint density at radius 2 is 1.55 bits per heavy atom. The quantitative estimate of drug-likeness (QED) is 0.691. The van der Waals surface area contributed by atoms with Gasteiger partial charge in [0.25, 0.3) is 11.8 Å². The second-order valence-electron chi connectivity index (χ2n) is 8.05. The van der Waals surface area contributed by atoms with Gasteiger partial charge in [0.1, 0.15) is 10.6 Å². The van der Waals surface area contributed by atoms with Crippen molar-refractivity contribution in [2.24, 2.45) is 7.05 Å². The van der Waals surface area contributed by atoms with Crippen LogP contribution in [0, 0.1) is 6.92 Å². The molecule has 0 bridgehead atoms. The number of rotatable bonds is 4. The first-order chi connectivity index (χ1) is 14.8. The van der Waals surface area contributed by atoms with Crippen molar-refractivity contribution < 1.29 is 22.5 Å². The maximum absolute atomic E-state index is 13.1. The van der Waals surface area contributed by atoms with Crippen LogP contribution in [0.15, 0.2) is 27.7 Å². The molecule has 0 aromatic carbocycles. The predicted octanol–water partition coefficient (Wildman–Crippen LogP) is 1.09. The Kier molecular flexibility index (Phi) is 5.89. The lowest BCUT2D eigenvalue weighted by atomic mass is 10.2. The van der Waals surface area contributed by atoms with E-state index in [9.17, 15) is 18.0 Å². The van der Waals surface area contributed by atoms with Crippen LogP contribution in [0.3, 0.4) is 0 Å². The minimum atomic E-state index is -3.60. The molecule has 0 unspecified atom stereocenters. The molecule has 10 nitrogen and oxygen atoms in total. The van der Waals surface area contributed by atoms with Gasteiger partial charge in [0.15, 0.2) is 0 Å². The van der Waals surface area contributed by atoms with E-state index in [1.807, 2.05) is 0 Å². The molecule has 4 rings (SSSR count). The van der Waals surface area contributed by atoms with Gasteiger partial charge >= 0.3 is 0 Å². The number of hydrogen-bond donors (Lipinski definition) is 0. The lowest BCUT2D eigenvalue weighted by Gasteiger charge is -2.34. The van der Waals surface area contributed by atoms with Gasteiger partial charge in [-0.2, -0.15) is 4.31 Å². The highest BCUT2D eigenvalue weighted by atomic mass is 32.2. The molecule has 4 heterocycles. The Balaban J connectivity index is 1.43. The van der Waals surface area contributed by atoms with Crippen molar-refractivity contribution in [3.8, 4) is 0 Å². The molecule has 2 aliphatic heterocycles. The largest absolute Gasteiger partial charge is 0.351 e. The highest BCUT2D eigenvalue weighted by molar-refractivity contribution is 7.89. The molecule has 2 saturated heterocycles. The molecule has 0 N–H and O–H groups in total. The van der Waals surface area contributed by atoms with Crippen LogP contribution in [0.2, 0.25) is 0 Å². The van der Waals surface area contributed by atoms with Crippen molar-refractivity contribution in [3.05, 3.63) is 35.5 Å². The maximum Gasteiger partial charge on any atom is 0.292 e. The van der Waals surface area contributed by atoms with Crippen molar-refractivity contribution in [2.75, 3.05) is 39.3 Å². The fourth-order valence-electron chi connectivity index (χ4n) is 4.04. The Morgan fingerprint density at radius 3 is 2.13 bits per heavy atom. The molecule has 31 heavy (non-hydrogen) atoms. The van der Waals surface area contributed by atoms with Crippen LogP contribution < -0.4 is 0 Å². The molecule has 0 atom stereocenters. The Morgan fingerprint density at radius 1 is 0.935 bits per heavy atom. The number of carbonyl (C=O) groups is 2. The molecule has 0 spiro atoms. The van der Waals surface area contributed by atoms with E-state index in [0.717, 1.165) is 19.3 Å². The Labute approximate surface area is 181 Å². The average Bonchev–Trinajstić information content (AvgIpc) is 3.39. The first-order valence-corrected chi connectivity index (χ1v) is 11.9. The molecule has 0 radical (unpaired) electrons. The Bertz CT molecular complexity index is 1080. The standard InChI is InChI=1S/C20H27N5O5S/c1-15-12-18(30-21-15)20(27)24-10-8-23(9-11-24)19(26)17-13-16(14-22(17)2)31(28,29)25-6-4-3-5-7-25/h12-14H,3-11H2,1-2H3. The number of hydrogen-bond acceptors (Lipinski definition) is 6. The van der Waals surface area contributed by atoms with Gasteiger partial charge in [0.2, 0.25) is 15.8 Å². The van der Waals surface area contributed by atoms with E-state index >= 15 is 0 Å². The van der Waals surface area contributed by atoms with Crippen LogP contribution in [0.25, 0.3) is 0 Å². The fourth-order valence-corrected chi connectivity index (χ4v) is 5.63. The molecule has 0 saturated carbocycles. The molecule has 2 aromatic heterocycles. The minimum Gasteiger partial charge on any atom is -0.351 e. The number of aryl methyl sites for hydroxylation is 2. The van der Waals surface area contributed by atoms with E-state index in [-0.39, 0.29) is 22.5 Å². The van der Waals surface area contributed by atoms with Crippen LogP contribution >= 0.6 is 0 Å². The van der Waals surface area contributed by atoms with Crippen LogP contribution in [0.5, 0.6) is 0 Å². The van der Waals surface area contributed by atoms with Gasteiger partial charge in [-0.25, -0.2) is 8.42 Å². The first kappa shape index (κ1) is 21.6. The molecule has 2 fully saturated rings. The van der Waals surface area contributed by atoms with Gasteiger partial charge in [-0.3, -0.25) is 9.59 Å². The second-order valence-corrected chi connectivity index (χ2v) is 9.99. The maximum atomic E-state index is 13.1. The molecule has 2 amide bonds. The number of amides is 2. The Hall–Kier alpha value is -2.66. The van der Waals surface area contributed by atoms with Crippen molar-refractivity contribution in [1.82, 2.24) is 23.8 Å². The van der Waals surface area contributed by atoms with E-state index < -0.39 is 10.0 Å². The van der Waals surface area contributed by atoms with Crippen LogP contribution in [0.1, 0.15) is 46.0 Å². The molecule has 0 aliphatic carbocycles. The third kappa shape index (κ3) is 4.24. The third-order valence-corrected chi connectivity index (χ3v) is 7.71. The van der Waals surface area contributed by atoms with E-state index in [1.165, 1.54) is 16.6 Å². The van der Waals surface area contributed by atoms with E-state index in [4.69, 9.17) is 4.52 Å². The lowest BCUT2D eigenvalue weighted by Crippen LogP contribution is -2.50. The summed E-state index contributed by atoms with van der Waals surface area (Å²) in [5, 5.41) is 3.74. The van der Waals surface area contributed by atoms with Gasteiger partial charge in [0, 0.05) is 58.6 Å². The highest BCUT2D eigenvalue weighted by Crippen LogP contribution is 2.23. The van der Waals surface area contributed by atoms with Crippen LogP contribution in [-0.4, -0.2) is 83.3 Å². The third-order valence-electron chi connectivity index (χ3n) is 5.84. The van der Waals surface area contributed by atoms with Crippen LogP contribution in [-0.2, 0) is 17.1 Å². The highest BCUT2D eigenvalue weighted by Gasteiger charge is 2.31. The van der Waals surface area contributed by atoms with E-state index in [2.05, 4.69) is 5.16 Å². The van der Waals surface area contributed by atoms with E-state index in [0.29, 0.717) is 50.7 Å². The van der Waals surface area contributed by atoms with Crippen molar-refractivity contribution in [1.29, 1.82) is 0 Å². The normalized spacial score (nSPS) is 18.4. The summed E-state index contributed by atoms with van der Waals surface area (Å²) >= 11 is 0. The molecule has 168 valence electrons. The van der Waals surface area contributed by atoms with Gasteiger partial charge < -0.3 is 18.9 Å². The average molecular weight is 450 g/mol. The predicted molar refractivity (Wildman–Crippen MR) is 111 cm³/mol. The minimum absolute atomic E-state index is 0.148. The zero-order valence-corrected chi connectivity index (χ0v) is 18.6. The first-order valence-electron chi connectivity index (χ1n) is 10.5. The molecule has 2 aromatic rings. The molecular weight excluding hydrogens is 422 g/mol. The summed E-state index contributed by atoms with van der Waals surface area (Å²) in [4.78, 5) is 29.0. The van der Waals surface area contributed by atoms with Gasteiger partial charge in [0.05, 0.1) is 5.69 Å². The van der Waals surface area contributed by atoms with Crippen LogP contribution in [0.4, 0.5) is 0 Å². The van der Waals surface area contributed by atoms with Crippen molar-refractivity contribution in [2.45, 2.75) is 31.1 Å². The summed E-state index contributed by atoms with van der Waals surface area (Å²) in [7, 11) is -1.93. The summed E-state index contributed by atoms with van der Waals surface area (Å²) in [5.74, 6) is -0.307. The monoisotopic (exact) mass is 449 g/mol. The van der Waals surface area contributed by atoms with Gasteiger partial charge in [-0.15, -0.1) is 0 Å².